The second kappa shape index (κ2) is 6.91. The predicted molar refractivity (Wildman–Crippen MR) is 104 cm³/mol. The predicted octanol–water partition coefficient (Wildman–Crippen LogP) is 4.46. The first-order valence-corrected chi connectivity index (χ1v) is 9.11. The van der Waals surface area contributed by atoms with E-state index in [1.54, 1.807) is 0 Å². The van der Waals surface area contributed by atoms with E-state index in [1.807, 2.05) is 50.2 Å². The highest BCUT2D eigenvalue weighted by Gasteiger charge is 2.20. The van der Waals surface area contributed by atoms with E-state index in [-0.39, 0.29) is 18.4 Å². The zero-order valence-electron chi connectivity index (χ0n) is 15.7. The molecule has 0 saturated carbocycles. The zero-order valence-corrected chi connectivity index (χ0v) is 15.7. The van der Waals surface area contributed by atoms with Crippen molar-refractivity contribution in [3.63, 3.8) is 0 Å². The lowest BCUT2D eigenvalue weighted by Crippen LogP contribution is -2.16. The van der Waals surface area contributed by atoms with Gasteiger partial charge in [0.15, 0.2) is 5.76 Å². The van der Waals surface area contributed by atoms with Crippen LogP contribution in [0.15, 0.2) is 47.0 Å². The van der Waals surface area contributed by atoms with E-state index in [0.717, 1.165) is 34.5 Å². The number of fused-ring (bicyclic) bond motifs is 1. The molecule has 0 bridgehead atoms. The Morgan fingerprint density at radius 2 is 1.96 bits per heavy atom. The molecule has 1 aliphatic rings. The van der Waals surface area contributed by atoms with Crippen molar-refractivity contribution in [3.05, 3.63) is 64.8 Å². The zero-order chi connectivity index (χ0) is 19.0. The standard InChI is InChI=1S/C22H22N2O3/c1-13-5-4-6-14(2)22(13)23-21(25)12-18-11-20(27-24-18)16-7-8-19-17(10-16)9-15(3)26-19/h4-8,10-11,15H,9,12H2,1-3H3,(H,23,25). The Hall–Kier alpha value is -3.08. The molecule has 2 heterocycles. The van der Waals surface area contributed by atoms with E-state index in [4.69, 9.17) is 9.26 Å². The average Bonchev–Trinajstić information content (AvgIpc) is 3.23. The molecule has 27 heavy (non-hydrogen) atoms. The number of aryl methyl sites for hydroxylation is 2. The monoisotopic (exact) mass is 362 g/mol. The van der Waals surface area contributed by atoms with Gasteiger partial charge in [-0.1, -0.05) is 23.4 Å². The molecule has 1 atom stereocenters. The first-order valence-electron chi connectivity index (χ1n) is 9.11. The number of carbonyl (C=O) groups excluding carboxylic acids is 1. The van der Waals surface area contributed by atoms with E-state index >= 15 is 0 Å². The molecule has 2 aromatic carbocycles. The van der Waals surface area contributed by atoms with Crippen LogP contribution < -0.4 is 10.1 Å². The molecular weight excluding hydrogens is 340 g/mol. The minimum Gasteiger partial charge on any atom is -0.490 e. The third kappa shape index (κ3) is 3.58. The number of benzene rings is 2. The third-order valence-electron chi connectivity index (χ3n) is 4.83. The lowest BCUT2D eigenvalue weighted by atomic mass is 10.0. The first kappa shape index (κ1) is 17.3. The summed E-state index contributed by atoms with van der Waals surface area (Å²) in [5.74, 6) is 1.48. The van der Waals surface area contributed by atoms with Crippen molar-refractivity contribution in [1.29, 1.82) is 0 Å². The minimum atomic E-state index is -0.108. The Morgan fingerprint density at radius 3 is 2.74 bits per heavy atom. The Balaban J connectivity index is 1.47. The molecule has 0 radical (unpaired) electrons. The minimum absolute atomic E-state index is 0.108. The number of ether oxygens (including phenoxy) is 1. The molecule has 0 spiro atoms. The average molecular weight is 362 g/mol. The highest BCUT2D eigenvalue weighted by molar-refractivity contribution is 5.93. The SMILES string of the molecule is Cc1cccc(C)c1NC(=O)Cc1cc(-c2ccc3c(c2)CC(C)O3)on1. The summed E-state index contributed by atoms with van der Waals surface area (Å²) in [6.45, 7) is 6.02. The molecule has 0 fully saturated rings. The van der Waals surface area contributed by atoms with Gasteiger partial charge in [-0.15, -0.1) is 0 Å². The molecule has 138 valence electrons. The maximum absolute atomic E-state index is 12.4. The van der Waals surface area contributed by atoms with Crippen LogP contribution in [0.1, 0.15) is 29.3 Å². The first-order chi connectivity index (χ1) is 13.0. The molecule has 5 heteroatoms. The summed E-state index contributed by atoms with van der Waals surface area (Å²) in [6, 6.07) is 13.8. The summed E-state index contributed by atoms with van der Waals surface area (Å²) in [5.41, 5.74) is 5.67. The fraction of sp³-hybridized carbons (Fsp3) is 0.273. The number of para-hydroxylation sites is 1. The Bertz CT molecular complexity index is 986. The van der Waals surface area contributed by atoms with Crippen molar-refractivity contribution in [2.24, 2.45) is 0 Å². The maximum Gasteiger partial charge on any atom is 0.230 e. The molecule has 1 N–H and O–H groups in total. The molecular formula is C22H22N2O3. The summed E-state index contributed by atoms with van der Waals surface area (Å²) in [6.07, 6.45) is 1.26. The molecule has 5 nitrogen and oxygen atoms in total. The van der Waals surface area contributed by atoms with Crippen molar-refractivity contribution in [3.8, 4) is 17.1 Å². The maximum atomic E-state index is 12.4. The molecule has 1 aliphatic heterocycles. The topological polar surface area (TPSA) is 64.4 Å². The molecule has 1 unspecified atom stereocenters. The second-order valence-electron chi connectivity index (χ2n) is 7.13. The molecule has 0 saturated heterocycles. The lowest BCUT2D eigenvalue weighted by Gasteiger charge is -2.10. The number of rotatable bonds is 4. The summed E-state index contributed by atoms with van der Waals surface area (Å²) >= 11 is 0. The van der Waals surface area contributed by atoms with Gasteiger partial charge in [-0.05, 0) is 55.7 Å². The van der Waals surface area contributed by atoms with Crippen LogP contribution in [-0.2, 0) is 17.6 Å². The van der Waals surface area contributed by atoms with Crippen LogP contribution in [0.3, 0.4) is 0 Å². The number of amides is 1. The van der Waals surface area contributed by atoms with E-state index in [1.165, 1.54) is 5.56 Å². The highest BCUT2D eigenvalue weighted by Crippen LogP contribution is 2.33. The van der Waals surface area contributed by atoms with E-state index in [0.29, 0.717) is 11.5 Å². The second-order valence-corrected chi connectivity index (χ2v) is 7.13. The van der Waals surface area contributed by atoms with Gasteiger partial charge in [0.2, 0.25) is 5.91 Å². The van der Waals surface area contributed by atoms with Crippen LogP contribution >= 0.6 is 0 Å². The van der Waals surface area contributed by atoms with Gasteiger partial charge in [0.25, 0.3) is 0 Å². The molecule has 1 amide bonds. The van der Waals surface area contributed by atoms with Gasteiger partial charge in [-0.3, -0.25) is 4.79 Å². The Morgan fingerprint density at radius 1 is 1.19 bits per heavy atom. The fourth-order valence-corrected chi connectivity index (χ4v) is 3.47. The summed E-state index contributed by atoms with van der Waals surface area (Å²) in [4.78, 5) is 12.4. The van der Waals surface area contributed by atoms with Gasteiger partial charge in [-0.25, -0.2) is 0 Å². The summed E-state index contributed by atoms with van der Waals surface area (Å²) in [7, 11) is 0. The lowest BCUT2D eigenvalue weighted by molar-refractivity contribution is -0.115. The van der Waals surface area contributed by atoms with Crippen molar-refractivity contribution in [2.45, 2.75) is 39.7 Å². The number of nitrogens with one attached hydrogen (secondary N) is 1. The van der Waals surface area contributed by atoms with Crippen LogP contribution in [0.25, 0.3) is 11.3 Å². The quantitative estimate of drug-likeness (QED) is 0.744. The van der Waals surface area contributed by atoms with Crippen LogP contribution in [-0.4, -0.2) is 17.2 Å². The van der Waals surface area contributed by atoms with Gasteiger partial charge >= 0.3 is 0 Å². The summed E-state index contributed by atoms with van der Waals surface area (Å²) < 4.78 is 11.2. The van der Waals surface area contributed by atoms with Crippen molar-refractivity contribution in [2.75, 3.05) is 5.32 Å². The van der Waals surface area contributed by atoms with Crippen LogP contribution in [0.4, 0.5) is 5.69 Å². The molecule has 1 aromatic heterocycles. The van der Waals surface area contributed by atoms with Crippen LogP contribution in [0, 0.1) is 13.8 Å². The number of carbonyl (C=O) groups is 1. The number of aromatic nitrogens is 1. The van der Waals surface area contributed by atoms with Gasteiger partial charge in [0, 0.05) is 23.7 Å². The normalized spacial score (nSPS) is 15.3. The van der Waals surface area contributed by atoms with Crippen molar-refractivity contribution < 1.29 is 14.1 Å². The molecule has 4 rings (SSSR count). The largest absolute Gasteiger partial charge is 0.490 e. The number of hydrogen-bond acceptors (Lipinski definition) is 4. The van der Waals surface area contributed by atoms with Crippen LogP contribution in [0.2, 0.25) is 0 Å². The van der Waals surface area contributed by atoms with Gasteiger partial charge in [-0.2, -0.15) is 0 Å². The van der Waals surface area contributed by atoms with Gasteiger partial charge < -0.3 is 14.6 Å². The molecule has 0 aliphatic carbocycles. The third-order valence-corrected chi connectivity index (χ3v) is 4.83. The number of anilines is 1. The number of hydrogen-bond donors (Lipinski definition) is 1. The number of nitrogens with zero attached hydrogens (tertiary/aromatic N) is 1. The summed E-state index contributed by atoms with van der Waals surface area (Å²) in [5, 5.41) is 7.04. The van der Waals surface area contributed by atoms with Gasteiger partial charge in [0.1, 0.15) is 11.9 Å². The Labute approximate surface area is 158 Å². The van der Waals surface area contributed by atoms with Crippen molar-refractivity contribution in [1.82, 2.24) is 5.16 Å². The van der Waals surface area contributed by atoms with Crippen LogP contribution in [0.5, 0.6) is 5.75 Å². The highest BCUT2D eigenvalue weighted by atomic mass is 16.5. The van der Waals surface area contributed by atoms with E-state index in [2.05, 4.69) is 23.5 Å². The molecule has 3 aromatic rings. The van der Waals surface area contributed by atoms with Crippen molar-refractivity contribution >= 4 is 11.6 Å². The van der Waals surface area contributed by atoms with E-state index < -0.39 is 0 Å². The fourth-order valence-electron chi connectivity index (χ4n) is 3.47. The smallest absolute Gasteiger partial charge is 0.230 e. The Kier molecular flexibility index (Phi) is 4.44. The van der Waals surface area contributed by atoms with Gasteiger partial charge in [0.05, 0.1) is 12.1 Å². The van der Waals surface area contributed by atoms with E-state index in [9.17, 15) is 4.79 Å².